The maximum atomic E-state index is 13.0. The number of fused-ring (bicyclic) bond motifs is 2. The molecular formula is C22H19N6O8S2+. The third-order valence-electron chi connectivity index (χ3n) is 5.69. The van der Waals surface area contributed by atoms with Gasteiger partial charge in [-0.05, 0) is 11.4 Å². The highest BCUT2D eigenvalue weighted by atomic mass is 32.2. The number of carboxylic acids is 2. The number of nitrogens with zero attached hydrogens (tertiary/aromatic N) is 4. The lowest BCUT2D eigenvalue weighted by molar-refractivity contribution is -0.687. The van der Waals surface area contributed by atoms with Crippen LogP contribution in [0.3, 0.4) is 0 Å². The van der Waals surface area contributed by atoms with Gasteiger partial charge in [-0.2, -0.15) is 0 Å². The molecule has 0 spiro atoms. The molecule has 2 amide bonds. The predicted octanol–water partition coefficient (Wildman–Crippen LogP) is 0.00310. The van der Waals surface area contributed by atoms with Crippen molar-refractivity contribution in [3.63, 3.8) is 0 Å². The van der Waals surface area contributed by atoms with Crippen molar-refractivity contribution in [2.24, 2.45) is 5.16 Å². The molecule has 2 aliphatic heterocycles. The molecule has 196 valence electrons. The van der Waals surface area contributed by atoms with Crippen LogP contribution in [0, 0.1) is 0 Å². The molecule has 1 fully saturated rings. The molecule has 0 saturated carbocycles. The molecule has 14 nitrogen and oxygen atoms in total. The van der Waals surface area contributed by atoms with Crippen molar-refractivity contribution in [2.45, 2.75) is 18.0 Å². The number of nitrogen functional groups attached to an aromatic ring is 1. The number of thioether (sulfide) groups is 1. The van der Waals surface area contributed by atoms with Gasteiger partial charge in [-0.3, -0.25) is 14.5 Å². The molecule has 2 atom stereocenters. The zero-order chi connectivity index (χ0) is 27.0. The lowest BCUT2D eigenvalue weighted by Crippen LogP contribution is -2.71. The van der Waals surface area contributed by atoms with Gasteiger partial charge in [0.05, 0.1) is 5.39 Å². The molecular weight excluding hydrogens is 540 g/mol. The van der Waals surface area contributed by atoms with Crippen LogP contribution in [0.1, 0.15) is 5.69 Å². The van der Waals surface area contributed by atoms with Crippen LogP contribution in [0.2, 0.25) is 0 Å². The minimum atomic E-state index is -1.33. The van der Waals surface area contributed by atoms with Crippen LogP contribution in [-0.2, 0) is 30.6 Å². The minimum absolute atomic E-state index is 0.120. The molecule has 0 bridgehead atoms. The molecule has 1 unspecified atom stereocenters. The minimum Gasteiger partial charge on any atom is -0.479 e. The van der Waals surface area contributed by atoms with Crippen LogP contribution in [0.4, 0.5) is 5.88 Å². The number of carbonyl (C=O) groups is 4. The Morgan fingerprint density at radius 1 is 1.34 bits per heavy atom. The van der Waals surface area contributed by atoms with Crippen molar-refractivity contribution in [3.05, 3.63) is 52.9 Å². The van der Waals surface area contributed by atoms with E-state index in [1.807, 2.05) is 34.5 Å². The maximum Gasteiger partial charge on any atom is 0.352 e. The number of β-lactam (4-membered cyclic amide) rings is 1. The van der Waals surface area contributed by atoms with Gasteiger partial charge in [0.25, 0.3) is 11.8 Å². The monoisotopic (exact) mass is 559 g/mol. The summed E-state index contributed by atoms with van der Waals surface area (Å²) in [5, 5.41) is 30.6. The first kappa shape index (κ1) is 25.2. The fourth-order valence-electron chi connectivity index (χ4n) is 4.05. The van der Waals surface area contributed by atoms with E-state index in [2.05, 4.69) is 20.5 Å². The number of nitrogens with one attached hydrogen (secondary N) is 1. The summed E-state index contributed by atoms with van der Waals surface area (Å²) in [4.78, 5) is 54.8. The normalized spacial score (nSPS) is 19.2. The second-order valence-electron chi connectivity index (χ2n) is 8.20. The maximum absolute atomic E-state index is 13.0. The summed E-state index contributed by atoms with van der Waals surface area (Å²) in [5.41, 5.74) is 5.33. The molecule has 5 heterocycles. The lowest BCUT2D eigenvalue weighted by atomic mass is 10.0. The second-order valence-corrected chi connectivity index (χ2v) is 10.2. The lowest BCUT2D eigenvalue weighted by Gasteiger charge is -2.49. The van der Waals surface area contributed by atoms with E-state index >= 15 is 0 Å². The highest BCUT2D eigenvalue weighted by Crippen LogP contribution is 2.40. The van der Waals surface area contributed by atoms with E-state index in [9.17, 15) is 24.3 Å². The second kappa shape index (κ2) is 10.1. The number of carbonyl (C=O) groups excluding carboxylic acids is 2. The average molecular weight is 560 g/mol. The summed E-state index contributed by atoms with van der Waals surface area (Å²) in [6.45, 7) is -0.551. The molecule has 16 heteroatoms. The van der Waals surface area contributed by atoms with Gasteiger partial charge in [-0.15, -0.1) is 23.1 Å². The van der Waals surface area contributed by atoms with Crippen LogP contribution in [0.5, 0.6) is 0 Å². The van der Waals surface area contributed by atoms with E-state index in [4.69, 9.17) is 15.4 Å². The Hall–Kier alpha value is -4.44. The third kappa shape index (κ3) is 4.78. The van der Waals surface area contributed by atoms with Crippen LogP contribution in [-0.4, -0.2) is 73.5 Å². The highest BCUT2D eigenvalue weighted by molar-refractivity contribution is 8.00. The zero-order valence-corrected chi connectivity index (χ0v) is 20.9. The van der Waals surface area contributed by atoms with Gasteiger partial charge < -0.3 is 30.6 Å². The number of nitrogens with two attached hydrogens (primary N) is 1. The summed E-state index contributed by atoms with van der Waals surface area (Å²) in [5.74, 6) is -3.91. The number of hydrogen-bond donors (Lipinski definition) is 4. The number of rotatable bonds is 9. The van der Waals surface area contributed by atoms with Crippen molar-refractivity contribution < 1.29 is 43.3 Å². The van der Waals surface area contributed by atoms with Crippen molar-refractivity contribution in [1.82, 2.24) is 15.4 Å². The van der Waals surface area contributed by atoms with E-state index in [-0.39, 0.29) is 23.8 Å². The Balaban J connectivity index is 1.34. The number of thiophene rings is 1. The zero-order valence-electron chi connectivity index (χ0n) is 19.3. The number of amides is 2. The SMILES string of the molecule is Nc1cc(C(=NOCC(=O)O)C(=O)NC2C(=O)N3C(C(=O)O)=C(C[n+]4ccc5sccc5c4)CS[C@H]23)no1. The molecule has 5 rings (SSSR count). The van der Waals surface area contributed by atoms with E-state index in [1.165, 1.54) is 17.8 Å². The molecule has 0 radical (unpaired) electrons. The van der Waals surface area contributed by atoms with Crippen LogP contribution in [0.25, 0.3) is 10.1 Å². The molecule has 2 aliphatic rings. The molecule has 3 aromatic rings. The van der Waals surface area contributed by atoms with E-state index < -0.39 is 47.5 Å². The molecule has 5 N–H and O–H groups in total. The quantitative estimate of drug-likeness (QED) is 0.119. The van der Waals surface area contributed by atoms with E-state index in [0.29, 0.717) is 11.3 Å². The van der Waals surface area contributed by atoms with E-state index in [1.54, 1.807) is 11.3 Å². The van der Waals surface area contributed by atoms with Crippen LogP contribution >= 0.6 is 23.1 Å². The van der Waals surface area contributed by atoms with Gasteiger partial charge in [0.15, 0.2) is 24.7 Å². The molecule has 0 aliphatic carbocycles. The summed E-state index contributed by atoms with van der Waals surface area (Å²) in [7, 11) is 0. The number of anilines is 1. The van der Waals surface area contributed by atoms with Crippen molar-refractivity contribution in [1.29, 1.82) is 0 Å². The number of carboxylic acid groups (broad SMARTS) is 2. The van der Waals surface area contributed by atoms with Crippen LogP contribution in [0.15, 0.2) is 56.9 Å². The first-order valence-corrected chi connectivity index (χ1v) is 12.9. The first-order chi connectivity index (χ1) is 18.2. The number of hydrogen-bond acceptors (Lipinski definition) is 11. The highest BCUT2D eigenvalue weighted by Gasteiger charge is 2.54. The summed E-state index contributed by atoms with van der Waals surface area (Å²) >= 11 is 2.91. The standard InChI is InChI=1S/C22H18N6O8S2/c23-14-5-12(25-36-14)16(26-35-8-15(29)30)19(31)24-17-20(32)28-18(22(33)34)11(9-38-21(17)28)7-27-3-1-13-10(6-27)2-4-37-13/h1-6,17,21H,7-9H2,(H4-,23,24,25,29,30,31,33,34)/p+1/t17?,21-/m1/s1. The Bertz CT molecular complexity index is 1530. The van der Waals surface area contributed by atoms with Gasteiger partial charge >= 0.3 is 11.9 Å². The van der Waals surface area contributed by atoms with Gasteiger partial charge in [0.2, 0.25) is 12.5 Å². The molecule has 38 heavy (non-hydrogen) atoms. The fraction of sp³-hybridized carbons (Fsp3) is 0.227. The van der Waals surface area contributed by atoms with Crippen molar-refractivity contribution in [2.75, 3.05) is 18.1 Å². The summed E-state index contributed by atoms with van der Waals surface area (Å²) in [6, 6.07) is 4.03. The average Bonchev–Trinajstić information content (AvgIpc) is 3.52. The first-order valence-electron chi connectivity index (χ1n) is 10.9. The number of aliphatic carboxylic acids is 2. The summed E-state index contributed by atoms with van der Waals surface area (Å²) in [6.07, 6.45) is 3.77. The number of oxime groups is 1. The van der Waals surface area contributed by atoms with Crippen molar-refractivity contribution in [3.8, 4) is 0 Å². The Morgan fingerprint density at radius 2 is 2.16 bits per heavy atom. The van der Waals surface area contributed by atoms with Crippen molar-refractivity contribution >= 4 is 68.5 Å². The predicted molar refractivity (Wildman–Crippen MR) is 133 cm³/mol. The Kier molecular flexibility index (Phi) is 6.73. The molecule has 1 saturated heterocycles. The van der Waals surface area contributed by atoms with Gasteiger partial charge in [0, 0.05) is 28.2 Å². The largest absolute Gasteiger partial charge is 0.479 e. The third-order valence-corrected chi connectivity index (χ3v) is 7.93. The number of pyridine rings is 1. The van der Waals surface area contributed by atoms with Crippen LogP contribution < -0.4 is 15.6 Å². The molecule has 0 aromatic carbocycles. The van der Waals surface area contributed by atoms with Gasteiger partial charge in [-0.25, -0.2) is 14.2 Å². The molecule has 3 aromatic heterocycles. The van der Waals surface area contributed by atoms with Gasteiger partial charge in [0.1, 0.15) is 22.8 Å². The Morgan fingerprint density at radius 3 is 2.87 bits per heavy atom. The smallest absolute Gasteiger partial charge is 0.352 e. The fourth-order valence-corrected chi connectivity index (χ4v) is 6.14. The number of aromatic nitrogens is 2. The summed E-state index contributed by atoms with van der Waals surface area (Å²) < 4.78 is 7.71. The van der Waals surface area contributed by atoms with E-state index in [0.717, 1.165) is 15.0 Å². The van der Waals surface area contributed by atoms with Gasteiger partial charge in [-0.1, -0.05) is 10.3 Å². The topological polar surface area (TPSA) is 202 Å². The Labute approximate surface area is 221 Å².